The molecule has 0 aliphatic carbocycles. The summed E-state index contributed by atoms with van der Waals surface area (Å²) < 4.78 is 5.75. The fraction of sp³-hybridized carbons (Fsp3) is 0.333. The first-order valence-electron chi connectivity index (χ1n) is 7.17. The number of fused-ring (bicyclic) bond motifs is 1. The molecule has 2 nitrogen and oxygen atoms in total. The molecule has 20 heavy (non-hydrogen) atoms. The Morgan fingerprint density at radius 2 is 1.95 bits per heavy atom. The van der Waals surface area contributed by atoms with Crippen LogP contribution in [-0.2, 0) is 6.42 Å². The van der Waals surface area contributed by atoms with Crippen LogP contribution in [0, 0.1) is 13.8 Å². The van der Waals surface area contributed by atoms with Crippen LogP contribution < -0.4 is 10.5 Å². The number of hydrogen-bond donors (Lipinski definition) is 1. The maximum Gasteiger partial charge on any atom is 0.123 e. The molecule has 0 amide bonds. The summed E-state index contributed by atoms with van der Waals surface area (Å²) in [6, 6.07) is 12.7. The molecule has 2 N–H and O–H groups in total. The van der Waals surface area contributed by atoms with E-state index in [4.69, 9.17) is 10.5 Å². The largest absolute Gasteiger partial charge is 0.490 e. The summed E-state index contributed by atoms with van der Waals surface area (Å²) in [5.74, 6) is 1.01. The van der Waals surface area contributed by atoms with Crippen LogP contribution >= 0.6 is 0 Å². The third-order valence-electron chi connectivity index (χ3n) is 4.04. The van der Waals surface area contributed by atoms with Gasteiger partial charge < -0.3 is 10.5 Å². The number of hydrogen-bond acceptors (Lipinski definition) is 2. The van der Waals surface area contributed by atoms with Gasteiger partial charge in [0.25, 0.3) is 0 Å². The average Bonchev–Trinajstić information content (AvgIpc) is 2.77. The number of ether oxygens (including phenoxy) is 1. The van der Waals surface area contributed by atoms with Crippen molar-refractivity contribution in [3.8, 4) is 5.75 Å². The van der Waals surface area contributed by atoms with E-state index in [1.807, 2.05) is 0 Å². The molecule has 2 atom stereocenters. The Balaban J connectivity index is 1.95. The van der Waals surface area contributed by atoms with E-state index in [1.54, 1.807) is 0 Å². The van der Waals surface area contributed by atoms with Gasteiger partial charge in [0, 0.05) is 6.42 Å². The molecule has 2 unspecified atom stereocenters. The van der Waals surface area contributed by atoms with Crippen molar-refractivity contribution < 1.29 is 4.74 Å². The minimum absolute atomic E-state index is 0.0724. The van der Waals surface area contributed by atoms with Crippen LogP contribution in [0.1, 0.15) is 40.8 Å². The summed E-state index contributed by atoms with van der Waals surface area (Å²) in [5, 5.41) is 0. The monoisotopic (exact) mass is 267 g/mol. The van der Waals surface area contributed by atoms with Gasteiger partial charge in [0.15, 0.2) is 0 Å². The van der Waals surface area contributed by atoms with Crippen molar-refractivity contribution in [2.24, 2.45) is 5.73 Å². The van der Waals surface area contributed by atoms with Crippen molar-refractivity contribution in [2.75, 3.05) is 0 Å². The van der Waals surface area contributed by atoms with Crippen LogP contribution in [-0.4, -0.2) is 6.10 Å². The highest BCUT2D eigenvalue weighted by molar-refractivity contribution is 5.45. The molecular formula is C18H21NO. The lowest BCUT2D eigenvalue weighted by Gasteiger charge is -2.16. The molecular weight excluding hydrogens is 246 g/mol. The van der Waals surface area contributed by atoms with Crippen LogP contribution in [0.3, 0.4) is 0 Å². The Morgan fingerprint density at radius 3 is 2.70 bits per heavy atom. The second kappa shape index (κ2) is 4.95. The normalized spacial score (nSPS) is 18.5. The third kappa shape index (κ3) is 2.32. The summed E-state index contributed by atoms with van der Waals surface area (Å²) in [4.78, 5) is 0. The lowest BCUT2D eigenvalue weighted by molar-refractivity contribution is 0.254. The second-order valence-electron chi connectivity index (χ2n) is 5.84. The van der Waals surface area contributed by atoms with E-state index in [1.165, 1.54) is 22.3 Å². The Bertz CT molecular complexity index is 648. The van der Waals surface area contributed by atoms with Crippen LogP contribution in [0.4, 0.5) is 0 Å². The SMILES string of the molecule is Cc1ccc(C(N)c2ccc3c(c2)CC(C)O3)c(C)c1. The first-order chi connectivity index (χ1) is 9.54. The van der Waals surface area contributed by atoms with Gasteiger partial charge in [-0.1, -0.05) is 35.9 Å². The molecule has 0 fully saturated rings. The molecule has 0 radical (unpaired) electrons. The maximum absolute atomic E-state index is 6.46. The second-order valence-corrected chi connectivity index (χ2v) is 5.84. The van der Waals surface area contributed by atoms with Crippen molar-refractivity contribution in [2.45, 2.75) is 39.3 Å². The van der Waals surface area contributed by atoms with E-state index in [2.05, 4.69) is 57.2 Å². The minimum atomic E-state index is -0.0724. The first kappa shape index (κ1) is 13.2. The standard InChI is InChI=1S/C18H21NO/c1-11-4-6-16(12(2)8-11)18(19)14-5-7-17-15(10-14)9-13(3)20-17/h4-8,10,13,18H,9,19H2,1-3H3. The molecule has 2 aromatic carbocycles. The summed E-state index contributed by atoms with van der Waals surface area (Å²) in [7, 11) is 0. The summed E-state index contributed by atoms with van der Waals surface area (Å²) >= 11 is 0. The molecule has 2 aromatic rings. The van der Waals surface area contributed by atoms with Crippen LogP contribution in [0.15, 0.2) is 36.4 Å². The van der Waals surface area contributed by atoms with Gasteiger partial charge in [-0.25, -0.2) is 0 Å². The number of nitrogens with two attached hydrogens (primary N) is 1. The molecule has 0 spiro atoms. The van der Waals surface area contributed by atoms with E-state index in [0.29, 0.717) is 0 Å². The zero-order chi connectivity index (χ0) is 14.3. The van der Waals surface area contributed by atoms with Crippen LogP contribution in [0.5, 0.6) is 5.75 Å². The van der Waals surface area contributed by atoms with Crippen molar-refractivity contribution in [3.63, 3.8) is 0 Å². The fourth-order valence-corrected chi connectivity index (χ4v) is 2.99. The quantitative estimate of drug-likeness (QED) is 0.901. The zero-order valence-corrected chi connectivity index (χ0v) is 12.3. The smallest absolute Gasteiger partial charge is 0.123 e. The minimum Gasteiger partial charge on any atom is -0.490 e. The van der Waals surface area contributed by atoms with E-state index in [0.717, 1.165) is 17.7 Å². The molecule has 104 valence electrons. The Labute approximate surface area is 120 Å². The highest BCUT2D eigenvalue weighted by Crippen LogP contribution is 2.32. The molecule has 1 aliphatic heterocycles. The van der Waals surface area contributed by atoms with Gasteiger partial charge in [-0.05, 0) is 49.1 Å². The molecule has 0 aromatic heterocycles. The van der Waals surface area contributed by atoms with Crippen molar-refractivity contribution in [3.05, 3.63) is 64.2 Å². The number of benzene rings is 2. The molecule has 3 rings (SSSR count). The van der Waals surface area contributed by atoms with Crippen LogP contribution in [0.25, 0.3) is 0 Å². The molecule has 0 saturated heterocycles. The average molecular weight is 267 g/mol. The van der Waals surface area contributed by atoms with E-state index < -0.39 is 0 Å². The Hall–Kier alpha value is -1.80. The lowest BCUT2D eigenvalue weighted by Crippen LogP contribution is -2.13. The van der Waals surface area contributed by atoms with Crippen molar-refractivity contribution in [1.82, 2.24) is 0 Å². The van der Waals surface area contributed by atoms with Crippen molar-refractivity contribution in [1.29, 1.82) is 0 Å². The Kier molecular flexibility index (Phi) is 3.27. The van der Waals surface area contributed by atoms with Crippen LogP contribution in [0.2, 0.25) is 0 Å². The zero-order valence-electron chi connectivity index (χ0n) is 12.3. The predicted octanol–water partition coefficient (Wildman–Crippen LogP) is 3.67. The van der Waals surface area contributed by atoms with Gasteiger partial charge in [-0.2, -0.15) is 0 Å². The number of aryl methyl sites for hydroxylation is 2. The van der Waals surface area contributed by atoms with E-state index >= 15 is 0 Å². The highest BCUT2D eigenvalue weighted by Gasteiger charge is 2.21. The fourth-order valence-electron chi connectivity index (χ4n) is 2.99. The predicted molar refractivity (Wildman–Crippen MR) is 82.2 cm³/mol. The van der Waals surface area contributed by atoms with Crippen molar-refractivity contribution >= 4 is 0 Å². The van der Waals surface area contributed by atoms with Gasteiger partial charge in [0.1, 0.15) is 11.9 Å². The third-order valence-corrected chi connectivity index (χ3v) is 4.04. The Morgan fingerprint density at radius 1 is 1.15 bits per heavy atom. The maximum atomic E-state index is 6.46. The van der Waals surface area contributed by atoms with Gasteiger partial charge in [-0.3, -0.25) is 0 Å². The molecule has 1 aliphatic rings. The molecule has 0 bridgehead atoms. The number of rotatable bonds is 2. The summed E-state index contributed by atoms with van der Waals surface area (Å²) in [6.07, 6.45) is 1.25. The van der Waals surface area contributed by atoms with Gasteiger partial charge in [0.2, 0.25) is 0 Å². The molecule has 0 saturated carbocycles. The van der Waals surface area contributed by atoms with Gasteiger partial charge >= 0.3 is 0 Å². The topological polar surface area (TPSA) is 35.2 Å². The summed E-state index contributed by atoms with van der Waals surface area (Å²) in [6.45, 7) is 6.33. The molecule has 2 heteroatoms. The van der Waals surface area contributed by atoms with Gasteiger partial charge in [0.05, 0.1) is 6.04 Å². The highest BCUT2D eigenvalue weighted by atomic mass is 16.5. The molecule has 1 heterocycles. The van der Waals surface area contributed by atoms with E-state index in [-0.39, 0.29) is 12.1 Å². The lowest BCUT2D eigenvalue weighted by atomic mass is 9.93. The van der Waals surface area contributed by atoms with Gasteiger partial charge in [-0.15, -0.1) is 0 Å². The first-order valence-corrected chi connectivity index (χ1v) is 7.17. The van der Waals surface area contributed by atoms with E-state index in [9.17, 15) is 0 Å². The summed E-state index contributed by atoms with van der Waals surface area (Å²) in [5.41, 5.74) is 12.6.